The normalized spacial score (nSPS) is 14.7. The van der Waals surface area contributed by atoms with Crippen LogP contribution >= 0.6 is 0 Å². The van der Waals surface area contributed by atoms with Gasteiger partial charge in [0.25, 0.3) is 0 Å². The van der Waals surface area contributed by atoms with Gasteiger partial charge in [0.2, 0.25) is 5.91 Å². The number of amides is 1. The fraction of sp³-hybridized carbons (Fsp3) is 0.412. The summed E-state index contributed by atoms with van der Waals surface area (Å²) in [4.78, 5) is 18.7. The molecule has 1 aliphatic heterocycles. The third-order valence-electron chi connectivity index (χ3n) is 4.25. The van der Waals surface area contributed by atoms with Crippen LogP contribution in [0.15, 0.2) is 24.3 Å². The predicted octanol–water partition coefficient (Wildman–Crippen LogP) is 2.89. The highest BCUT2D eigenvalue weighted by Crippen LogP contribution is 2.27. The molecule has 3 rings (SSSR count). The highest BCUT2D eigenvalue weighted by Gasteiger charge is 2.18. The van der Waals surface area contributed by atoms with Gasteiger partial charge in [-0.2, -0.15) is 0 Å². The monoisotopic (exact) mass is 283 g/mol. The molecule has 1 amide bonds. The summed E-state index contributed by atoms with van der Waals surface area (Å²) in [6.45, 7) is 6.21. The zero-order valence-electron chi connectivity index (χ0n) is 12.6. The minimum Gasteiger partial charge on any atom is -0.375 e. The first-order valence-corrected chi connectivity index (χ1v) is 7.54. The molecule has 2 aromatic rings. The number of hydrogen-bond acceptors (Lipinski definition) is 3. The van der Waals surface area contributed by atoms with Crippen LogP contribution in [-0.4, -0.2) is 35.4 Å². The summed E-state index contributed by atoms with van der Waals surface area (Å²) in [5.74, 6) is 0.186. The standard InChI is InChI=1S/C17H21N3O/c1-12-13(2)19-15-8-4-3-7-14(15)17(12)18-11-16(21)20-9-5-6-10-20/h3-4,7-8H,5-6,9-11H2,1-2H3,(H,18,19). The van der Waals surface area contributed by atoms with Crippen molar-refractivity contribution in [3.63, 3.8) is 0 Å². The maximum absolute atomic E-state index is 12.2. The number of benzene rings is 1. The van der Waals surface area contributed by atoms with Gasteiger partial charge >= 0.3 is 0 Å². The van der Waals surface area contributed by atoms with E-state index in [1.165, 1.54) is 0 Å². The van der Waals surface area contributed by atoms with Crippen molar-refractivity contribution >= 4 is 22.5 Å². The number of anilines is 1. The zero-order valence-corrected chi connectivity index (χ0v) is 12.6. The van der Waals surface area contributed by atoms with E-state index < -0.39 is 0 Å². The molecule has 1 aliphatic rings. The van der Waals surface area contributed by atoms with Crippen LogP contribution in [0.1, 0.15) is 24.1 Å². The number of aryl methyl sites for hydroxylation is 1. The summed E-state index contributed by atoms with van der Waals surface area (Å²) in [7, 11) is 0. The van der Waals surface area contributed by atoms with Gasteiger partial charge in [-0.05, 0) is 38.3 Å². The molecule has 1 aromatic carbocycles. The zero-order chi connectivity index (χ0) is 14.8. The second kappa shape index (κ2) is 5.72. The highest BCUT2D eigenvalue weighted by molar-refractivity contribution is 5.94. The summed E-state index contributed by atoms with van der Waals surface area (Å²) >= 11 is 0. The van der Waals surface area contributed by atoms with Gasteiger partial charge in [-0.1, -0.05) is 18.2 Å². The number of aromatic nitrogens is 1. The minimum absolute atomic E-state index is 0.186. The Labute approximate surface area is 125 Å². The van der Waals surface area contributed by atoms with Crippen LogP contribution in [0.4, 0.5) is 5.69 Å². The van der Waals surface area contributed by atoms with Gasteiger partial charge in [0, 0.05) is 29.9 Å². The smallest absolute Gasteiger partial charge is 0.241 e. The molecule has 1 N–H and O–H groups in total. The molecule has 0 spiro atoms. The van der Waals surface area contributed by atoms with Gasteiger partial charge in [0.1, 0.15) is 0 Å². The third-order valence-corrected chi connectivity index (χ3v) is 4.25. The Kier molecular flexibility index (Phi) is 3.78. The van der Waals surface area contributed by atoms with Gasteiger partial charge in [-0.15, -0.1) is 0 Å². The number of fused-ring (bicyclic) bond motifs is 1. The summed E-state index contributed by atoms with van der Waals surface area (Å²) in [6.07, 6.45) is 2.25. The maximum atomic E-state index is 12.2. The number of nitrogens with zero attached hydrogens (tertiary/aromatic N) is 2. The van der Waals surface area contributed by atoms with E-state index in [0.29, 0.717) is 6.54 Å². The van der Waals surface area contributed by atoms with Crippen molar-refractivity contribution < 1.29 is 4.79 Å². The van der Waals surface area contributed by atoms with Crippen molar-refractivity contribution in [1.82, 2.24) is 9.88 Å². The van der Waals surface area contributed by atoms with Crippen LogP contribution in [0.5, 0.6) is 0 Å². The summed E-state index contributed by atoms with van der Waals surface area (Å²) in [5, 5.41) is 4.42. The molecule has 0 unspecified atom stereocenters. The average Bonchev–Trinajstić information content (AvgIpc) is 3.02. The fourth-order valence-corrected chi connectivity index (χ4v) is 2.90. The lowest BCUT2D eigenvalue weighted by Crippen LogP contribution is -2.33. The van der Waals surface area contributed by atoms with E-state index in [1.54, 1.807) is 0 Å². The first kappa shape index (κ1) is 13.9. The van der Waals surface area contributed by atoms with E-state index in [2.05, 4.69) is 23.3 Å². The first-order valence-electron chi connectivity index (χ1n) is 7.54. The van der Waals surface area contributed by atoms with Crippen LogP contribution in [0, 0.1) is 13.8 Å². The Balaban J connectivity index is 1.85. The van der Waals surface area contributed by atoms with E-state index in [0.717, 1.165) is 53.8 Å². The van der Waals surface area contributed by atoms with Gasteiger partial charge in [-0.25, -0.2) is 0 Å². The molecule has 1 fully saturated rings. The summed E-state index contributed by atoms with van der Waals surface area (Å²) in [6, 6.07) is 8.06. The number of carbonyl (C=O) groups is 1. The number of hydrogen-bond donors (Lipinski definition) is 1. The lowest BCUT2D eigenvalue weighted by Gasteiger charge is -2.18. The molecule has 2 heterocycles. The van der Waals surface area contributed by atoms with Crippen LogP contribution in [0.3, 0.4) is 0 Å². The van der Waals surface area contributed by atoms with E-state index in [4.69, 9.17) is 0 Å². The molecular formula is C17H21N3O. The number of pyridine rings is 1. The lowest BCUT2D eigenvalue weighted by molar-refractivity contribution is -0.128. The molecule has 0 aliphatic carbocycles. The molecule has 0 radical (unpaired) electrons. The minimum atomic E-state index is 0.186. The Bertz CT molecular complexity index is 675. The van der Waals surface area contributed by atoms with Gasteiger partial charge in [0.05, 0.1) is 12.1 Å². The van der Waals surface area contributed by atoms with Crippen molar-refractivity contribution in [3.8, 4) is 0 Å². The molecule has 0 bridgehead atoms. The average molecular weight is 283 g/mol. The van der Waals surface area contributed by atoms with E-state index in [1.807, 2.05) is 30.0 Å². The Morgan fingerprint density at radius 1 is 1.24 bits per heavy atom. The van der Waals surface area contributed by atoms with Crippen LogP contribution in [-0.2, 0) is 4.79 Å². The lowest BCUT2D eigenvalue weighted by atomic mass is 10.1. The molecule has 1 aromatic heterocycles. The van der Waals surface area contributed by atoms with Gasteiger partial charge < -0.3 is 10.2 Å². The second-order valence-electron chi connectivity index (χ2n) is 5.66. The Hall–Kier alpha value is -2.10. The van der Waals surface area contributed by atoms with Crippen molar-refractivity contribution in [2.24, 2.45) is 0 Å². The van der Waals surface area contributed by atoms with Crippen LogP contribution in [0.2, 0.25) is 0 Å². The maximum Gasteiger partial charge on any atom is 0.241 e. The highest BCUT2D eigenvalue weighted by atomic mass is 16.2. The first-order chi connectivity index (χ1) is 10.2. The molecule has 1 saturated heterocycles. The largest absolute Gasteiger partial charge is 0.375 e. The van der Waals surface area contributed by atoms with E-state index in [9.17, 15) is 4.79 Å². The summed E-state index contributed by atoms with van der Waals surface area (Å²) in [5.41, 5.74) is 4.12. The molecule has 0 saturated carbocycles. The molecular weight excluding hydrogens is 262 g/mol. The number of likely N-dealkylation sites (tertiary alicyclic amines) is 1. The quantitative estimate of drug-likeness (QED) is 0.942. The molecule has 0 atom stereocenters. The third kappa shape index (κ3) is 2.71. The number of carbonyl (C=O) groups excluding carboxylic acids is 1. The topological polar surface area (TPSA) is 45.2 Å². The number of nitrogens with one attached hydrogen (secondary N) is 1. The predicted molar refractivity (Wildman–Crippen MR) is 85.5 cm³/mol. The molecule has 4 nitrogen and oxygen atoms in total. The van der Waals surface area contributed by atoms with Crippen molar-refractivity contribution in [2.75, 3.05) is 25.0 Å². The number of para-hydroxylation sites is 1. The van der Waals surface area contributed by atoms with Crippen molar-refractivity contribution in [1.29, 1.82) is 0 Å². The van der Waals surface area contributed by atoms with E-state index in [-0.39, 0.29) is 5.91 Å². The second-order valence-corrected chi connectivity index (χ2v) is 5.66. The van der Waals surface area contributed by atoms with Crippen LogP contribution < -0.4 is 5.32 Å². The van der Waals surface area contributed by atoms with Crippen LogP contribution in [0.25, 0.3) is 10.9 Å². The van der Waals surface area contributed by atoms with Gasteiger partial charge in [-0.3, -0.25) is 9.78 Å². The molecule has 110 valence electrons. The SMILES string of the molecule is Cc1nc2ccccc2c(NCC(=O)N2CCCC2)c1C. The molecule has 4 heteroatoms. The van der Waals surface area contributed by atoms with Crippen molar-refractivity contribution in [2.45, 2.75) is 26.7 Å². The van der Waals surface area contributed by atoms with Crippen molar-refractivity contribution in [3.05, 3.63) is 35.5 Å². The Morgan fingerprint density at radius 3 is 2.71 bits per heavy atom. The Morgan fingerprint density at radius 2 is 1.95 bits per heavy atom. The summed E-state index contributed by atoms with van der Waals surface area (Å²) < 4.78 is 0. The van der Waals surface area contributed by atoms with Gasteiger partial charge in [0.15, 0.2) is 0 Å². The fourth-order valence-electron chi connectivity index (χ4n) is 2.90. The van der Waals surface area contributed by atoms with E-state index >= 15 is 0 Å². The number of rotatable bonds is 3. The molecule has 21 heavy (non-hydrogen) atoms.